The van der Waals surface area contributed by atoms with Gasteiger partial charge in [-0.15, -0.1) is 0 Å². The lowest BCUT2D eigenvalue weighted by Crippen LogP contribution is -2.66. The third kappa shape index (κ3) is 2.34. The average Bonchev–Trinajstić information content (AvgIpc) is 2.95. The Hall–Kier alpha value is -1.40. The van der Waals surface area contributed by atoms with E-state index in [0.29, 0.717) is 19.6 Å². The number of aromatic nitrogens is 2. The lowest BCUT2D eigenvalue weighted by atomic mass is 9.57. The number of carbonyl (C=O) groups is 1. The molecule has 1 saturated carbocycles. The molecule has 0 unspecified atom stereocenters. The van der Waals surface area contributed by atoms with Crippen molar-refractivity contribution >= 4 is 5.91 Å². The molecular formula is C16H25N3O3. The lowest BCUT2D eigenvalue weighted by molar-refractivity contribution is -0.157. The molecule has 1 aromatic heterocycles. The van der Waals surface area contributed by atoms with Crippen LogP contribution in [0.25, 0.3) is 0 Å². The summed E-state index contributed by atoms with van der Waals surface area (Å²) in [5.74, 6) is -0.0109. The molecule has 1 spiro atoms. The van der Waals surface area contributed by atoms with Crippen molar-refractivity contribution in [2.45, 2.75) is 50.7 Å². The van der Waals surface area contributed by atoms with E-state index in [2.05, 4.69) is 10.4 Å². The molecule has 1 aliphatic carbocycles. The molecule has 1 saturated heterocycles. The van der Waals surface area contributed by atoms with Crippen molar-refractivity contribution in [3.8, 4) is 0 Å². The van der Waals surface area contributed by atoms with Gasteiger partial charge in [0.25, 0.3) is 0 Å². The molecule has 1 aliphatic heterocycles. The van der Waals surface area contributed by atoms with E-state index in [-0.39, 0.29) is 23.5 Å². The van der Waals surface area contributed by atoms with Gasteiger partial charge in [0.1, 0.15) is 0 Å². The molecule has 0 radical (unpaired) electrons. The Balaban J connectivity index is 1.71. The van der Waals surface area contributed by atoms with Gasteiger partial charge < -0.3 is 15.2 Å². The van der Waals surface area contributed by atoms with E-state index in [9.17, 15) is 9.90 Å². The van der Waals surface area contributed by atoms with Gasteiger partial charge in [-0.1, -0.05) is 0 Å². The predicted molar refractivity (Wildman–Crippen MR) is 81.3 cm³/mol. The van der Waals surface area contributed by atoms with Crippen molar-refractivity contribution in [1.82, 2.24) is 15.1 Å². The van der Waals surface area contributed by atoms with Crippen LogP contribution in [0, 0.1) is 5.41 Å². The summed E-state index contributed by atoms with van der Waals surface area (Å²) < 4.78 is 7.11. The van der Waals surface area contributed by atoms with Crippen LogP contribution in [0.3, 0.4) is 0 Å². The topological polar surface area (TPSA) is 76.4 Å². The van der Waals surface area contributed by atoms with Gasteiger partial charge in [-0.2, -0.15) is 5.10 Å². The molecule has 2 N–H and O–H groups in total. The Labute approximate surface area is 130 Å². The Morgan fingerprint density at radius 1 is 1.50 bits per heavy atom. The second kappa shape index (κ2) is 5.35. The number of nitrogens with zero attached hydrogens (tertiary/aromatic N) is 2. The smallest absolute Gasteiger partial charge is 0.230 e. The Morgan fingerprint density at radius 2 is 2.18 bits per heavy atom. The van der Waals surface area contributed by atoms with Gasteiger partial charge in [-0.25, -0.2) is 0 Å². The molecule has 0 bridgehead atoms. The van der Waals surface area contributed by atoms with Crippen LogP contribution in [0.4, 0.5) is 0 Å². The van der Waals surface area contributed by atoms with E-state index in [1.165, 1.54) is 0 Å². The maximum atomic E-state index is 12.7. The summed E-state index contributed by atoms with van der Waals surface area (Å²) in [6, 6.07) is 0.0369. The van der Waals surface area contributed by atoms with Gasteiger partial charge in [-0.3, -0.25) is 9.48 Å². The summed E-state index contributed by atoms with van der Waals surface area (Å²) in [5, 5.41) is 17.5. The monoisotopic (exact) mass is 307 g/mol. The van der Waals surface area contributed by atoms with E-state index in [1.54, 1.807) is 10.9 Å². The van der Waals surface area contributed by atoms with Crippen LogP contribution in [0.2, 0.25) is 0 Å². The number of aliphatic hydroxyl groups is 1. The molecule has 2 fully saturated rings. The third-order valence-electron chi connectivity index (χ3n) is 5.54. The molecule has 3 rings (SSSR count). The zero-order chi connectivity index (χ0) is 16.0. The minimum Gasteiger partial charge on any atom is -0.392 e. The van der Waals surface area contributed by atoms with Gasteiger partial charge in [-0.05, 0) is 33.1 Å². The average molecular weight is 307 g/mol. The van der Waals surface area contributed by atoms with Crippen LogP contribution in [0.15, 0.2) is 12.4 Å². The fourth-order valence-electron chi connectivity index (χ4n) is 3.61. The maximum absolute atomic E-state index is 12.7. The SMILES string of the molecule is Cn1cc(C(C)(C)C(=O)N[C@@H]2C[C@@H](O)C23CCOCC3)cn1. The van der Waals surface area contributed by atoms with Gasteiger partial charge in [0.05, 0.1) is 17.7 Å². The summed E-state index contributed by atoms with van der Waals surface area (Å²) in [5.41, 5.74) is 0.0634. The van der Waals surface area contributed by atoms with Crippen molar-refractivity contribution in [1.29, 1.82) is 0 Å². The number of hydrogen-bond acceptors (Lipinski definition) is 4. The first kappa shape index (κ1) is 15.5. The quantitative estimate of drug-likeness (QED) is 0.864. The Bertz CT molecular complexity index is 561. The maximum Gasteiger partial charge on any atom is 0.230 e. The molecular weight excluding hydrogens is 282 g/mol. The molecule has 122 valence electrons. The molecule has 22 heavy (non-hydrogen) atoms. The highest BCUT2D eigenvalue weighted by Gasteiger charge is 2.56. The fourth-order valence-corrected chi connectivity index (χ4v) is 3.61. The summed E-state index contributed by atoms with van der Waals surface area (Å²) in [6.45, 7) is 5.14. The number of aliphatic hydroxyl groups excluding tert-OH is 1. The number of rotatable bonds is 3. The first-order valence-electron chi connectivity index (χ1n) is 7.92. The third-order valence-corrected chi connectivity index (χ3v) is 5.54. The van der Waals surface area contributed by atoms with E-state index in [4.69, 9.17) is 4.74 Å². The van der Waals surface area contributed by atoms with Crippen LogP contribution in [-0.4, -0.2) is 46.2 Å². The summed E-state index contributed by atoms with van der Waals surface area (Å²) in [7, 11) is 1.84. The number of amides is 1. The van der Waals surface area contributed by atoms with Gasteiger partial charge in [0.15, 0.2) is 0 Å². The zero-order valence-corrected chi connectivity index (χ0v) is 13.5. The van der Waals surface area contributed by atoms with Crippen molar-refractivity contribution in [2.75, 3.05) is 13.2 Å². The fraction of sp³-hybridized carbons (Fsp3) is 0.750. The van der Waals surface area contributed by atoms with Crippen LogP contribution in [-0.2, 0) is 22.0 Å². The van der Waals surface area contributed by atoms with Crippen molar-refractivity contribution in [3.63, 3.8) is 0 Å². The van der Waals surface area contributed by atoms with E-state index in [1.807, 2.05) is 27.1 Å². The molecule has 6 heteroatoms. The second-order valence-corrected chi connectivity index (χ2v) is 7.15. The highest BCUT2D eigenvalue weighted by atomic mass is 16.5. The van der Waals surface area contributed by atoms with E-state index in [0.717, 1.165) is 18.4 Å². The van der Waals surface area contributed by atoms with Crippen LogP contribution < -0.4 is 5.32 Å². The van der Waals surface area contributed by atoms with E-state index < -0.39 is 5.41 Å². The molecule has 2 heterocycles. The molecule has 1 amide bonds. The number of hydrogen-bond donors (Lipinski definition) is 2. The Morgan fingerprint density at radius 3 is 2.73 bits per heavy atom. The molecule has 2 aliphatic rings. The predicted octanol–water partition coefficient (Wildman–Crippen LogP) is 0.744. The first-order valence-corrected chi connectivity index (χ1v) is 7.92. The largest absolute Gasteiger partial charge is 0.392 e. The normalized spacial score (nSPS) is 27.5. The Kier molecular flexibility index (Phi) is 3.77. The van der Waals surface area contributed by atoms with Crippen molar-refractivity contribution in [3.05, 3.63) is 18.0 Å². The summed E-state index contributed by atoms with van der Waals surface area (Å²) in [6.07, 6.45) is 5.54. The van der Waals surface area contributed by atoms with Crippen LogP contribution in [0.1, 0.15) is 38.7 Å². The van der Waals surface area contributed by atoms with E-state index >= 15 is 0 Å². The highest BCUT2D eigenvalue weighted by Crippen LogP contribution is 2.49. The van der Waals surface area contributed by atoms with Crippen molar-refractivity contribution in [2.24, 2.45) is 12.5 Å². The lowest BCUT2D eigenvalue weighted by Gasteiger charge is -2.56. The van der Waals surface area contributed by atoms with Gasteiger partial charge >= 0.3 is 0 Å². The number of aryl methyl sites for hydroxylation is 1. The minimum absolute atomic E-state index is 0.0109. The first-order chi connectivity index (χ1) is 10.4. The minimum atomic E-state index is -0.638. The number of nitrogens with one attached hydrogen (secondary N) is 1. The van der Waals surface area contributed by atoms with Crippen molar-refractivity contribution < 1.29 is 14.6 Å². The number of ether oxygens (including phenoxy) is 1. The van der Waals surface area contributed by atoms with Gasteiger partial charge in [0.2, 0.25) is 5.91 Å². The highest BCUT2D eigenvalue weighted by molar-refractivity contribution is 5.87. The molecule has 0 aromatic carbocycles. The molecule has 1 aromatic rings. The van der Waals surface area contributed by atoms with Crippen LogP contribution in [0.5, 0.6) is 0 Å². The number of carbonyl (C=O) groups excluding carboxylic acids is 1. The second-order valence-electron chi connectivity index (χ2n) is 7.15. The standard InChI is InChI=1S/C16H25N3O3/c1-15(2,11-9-17-19(3)10-11)14(21)18-12-8-13(20)16(12)4-6-22-7-5-16/h9-10,12-13,20H,4-8H2,1-3H3,(H,18,21)/t12-,13-/m1/s1. The molecule has 6 nitrogen and oxygen atoms in total. The van der Waals surface area contributed by atoms with Gasteiger partial charge in [0, 0.05) is 43.5 Å². The molecule has 2 atom stereocenters. The zero-order valence-electron chi connectivity index (χ0n) is 13.5. The summed E-state index contributed by atoms with van der Waals surface area (Å²) >= 11 is 0. The summed E-state index contributed by atoms with van der Waals surface area (Å²) in [4.78, 5) is 12.7. The van der Waals surface area contributed by atoms with Crippen LogP contribution >= 0.6 is 0 Å².